The molecule has 0 aliphatic heterocycles. The lowest BCUT2D eigenvalue weighted by Crippen LogP contribution is -2.23. The molecule has 0 aromatic heterocycles. The Morgan fingerprint density at radius 3 is 1.68 bits per heavy atom. The Morgan fingerprint density at radius 1 is 0.636 bits per heavy atom. The molecule has 0 heterocycles. The number of ketones is 1. The van der Waals surface area contributed by atoms with Crippen LogP contribution < -0.4 is 0 Å². The second-order valence-electron chi connectivity index (χ2n) is 7.30. The third-order valence-corrected chi connectivity index (χ3v) is 6.46. The number of hydrogen-bond donors (Lipinski definition) is 0. The molecule has 1 heteroatoms. The molecular weight excluding hydrogens is 268 g/mol. The van der Waals surface area contributed by atoms with Crippen molar-refractivity contribution >= 4 is 5.78 Å². The van der Waals surface area contributed by atoms with Crippen LogP contribution in [0.25, 0.3) is 0 Å². The first-order valence-corrected chi connectivity index (χ1v) is 8.48. The Bertz CT molecular complexity index is 705. The Labute approximate surface area is 131 Å². The van der Waals surface area contributed by atoms with Gasteiger partial charge in [-0.2, -0.15) is 0 Å². The summed E-state index contributed by atoms with van der Waals surface area (Å²) >= 11 is 0. The number of hydrogen-bond acceptors (Lipinski definition) is 1. The van der Waals surface area contributed by atoms with E-state index in [4.69, 9.17) is 0 Å². The summed E-state index contributed by atoms with van der Waals surface area (Å²) in [6, 6.07) is 21.7. The summed E-state index contributed by atoms with van der Waals surface area (Å²) in [5.41, 5.74) is 2.80. The van der Waals surface area contributed by atoms with Crippen LogP contribution >= 0.6 is 0 Å². The van der Waals surface area contributed by atoms with E-state index in [2.05, 4.69) is 60.7 Å². The fourth-order valence-electron chi connectivity index (χ4n) is 5.80. The van der Waals surface area contributed by atoms with E-state index in [9.17, 15) is 4.79 Å². The number of carbonyl (C=O) groups excluding carboxylic acids is 1. The SMILES string of the molecule is O=C1[C@@H]2C[C@@H]3[C@@H](C2)[C@@H](c2ccccc2)[C@@H](c2ccccc2)[C@@H]13. The monoisotopic (exact) mass is 288 g/mol. The van der Waals surface area contributed by atoms with Crippen LogP contribution in [-0.4, -0.2) is 5.78 Å². The predicted molar refractivity (Wildman–Crippen MR) is 86.6 cm³/mol. The molecule has 2 aromatic rings. The van der Waals surface area contributed by atoms with Crippen molar-refractivity contribution in [3.05, 3.63) is 71.8 Å². The molecule has 2 aromatic carbocycles. The average molecular weight is 288 g/mol. The molecule has 0 unspecified atom stereocenters. The predicted octanol–water partition coefficient (Wildman–Crippen LogP) is 4.41. The molecule has 5 rings (SSSR count). The summed E-state index contributed by atoms with van der Waals surface area (Å²) in [5.74, 6) is 3.45. The van der Waals surface area contributed by atoms with Gasteiger partial charge in [0.2, 0.25) is 0 Å². The van der Waals surface area contributed by atoms with Gasteiger partial charge in [0.05, 0.1) is 0 Å². The summed E-state index contributed by atoms with van der Waals surface area (Å²) in [5, 5.41) is 0. The van der Waals surface area contributed by atoms with E-state index < -0.39 is 0 Å². The molecule has 3 fully saturated rings. The van der Waals surface area contributed by atoms with E-state index in [1.807, 2.05) is 0 Å². The van der Waals surface area contributed by atoms with Gasteiger partial charge in [-0.05, 0) is 41.7 Å². The summed E-state index contributed by atoms with van der Waals surface area (Å²) < 4.78 is 0. The van der Waals surface area contributed by atoms with Crippen LogP contribution in [0.5, 0.6) is 0 Å². The van der Waals surface area contributed by atoms with Gasteiger partial charge in [-0.15, -0.1) is 0 Å². The van der Waals surface area contributed by atoms with Gasteiger partial charge in [-0.3, -0.25) is 4.79 Å². The van der Waals surface area contributed by atoms with Gasteiger partial charge in [0.25, 0.3) is 0 Å². The molecule has 22 heavy (non-hydrogen) atoms. The normalized spacial score (nSPS) is 38.6. The number of Topliss-reactive ketones (excluding diaryl/α,β-unsaturated/α-hetero) is 1. The molecule has 0 radical (unpaired) electrons. The molecule has 2 bridgehead atoms. The van der Waals surface area contributed by atoms with Crippen LogP contribution in [0.1, 0.15) is 35.8 Å². The Hall–Kier alpha value is -1.89. The molecule has 3 aliphatic carbocycles. The lowest BCUT2D eigenvalue weighted by Gasteiger charge is -2.25. The third-order valence-electron chi connectivity index (χ3n) is 6.46. The molecule has 0 amide bonds. The van der Waals surface area contributed by atoms with E-state index >= 15 is 0 Å². The zero-order valence-electron chi connectivity index (χ0n) is 12.6. The van der Waals surface area contributed by atoms with Crippen LogP contribution in [0.3, 0.4) is 0 Å². The largest absolute Gasteiger partial charge is 0.299 e. The number of fused-ring (bicyclic) bond motifs is 1. The highest BCUT2D eigenvalue weighted by atomic mass is 16.1. The van der Waals surface area contributed by atoms with Crippen LogP contribution in [-0.2, 0) is 4.79 Å². The molecule has 6 atom stereocenters. The number of rotatable bonds is 2. The highest BCUT2D eigenvalue weighted by Crippen LogP contribution is 2.67. The van der Waals surface area contributed by atoms with E-state index in [-0.39, 0.29) is 5.92 Å². The zero-order valence-corrected chi connectivity index (χ0v) is 12.6. The lowest BCUT2D eigenvalue weighted by molar-refractivity contribution is -0.125. The van der Waals surface area contributed by atoms with Gasteiger partial charge in [0.1, 0.15) is 5.78 Å². The first-order chi connectivity index (χ1) is 10.8. The van der Waals surface area contributed by atoms with Crippen LogP contribution in [0.2, 0.25) is 0 Å². The van der Waals surface area contributed by atoms with Crippen molar-refractivity contribution in [3.63, 3.8) is 0 Å². The molecule has 3 saturated carbocycles. The molecule has 0 N–H and O–H groups in total. The third kappa shape index (κ3) is 1.57. The Kier molecular flexibility index (Phi) is 2.61. The maximum Gasteiger partial charge on any atom is 0.139 e. The van der Waals surface area contributed by atoms with Crippen LogP contribution in [0.4, 0.5) is 0 Å². The smallest absolute Gasteiger partial charge is 0.139 e. The van der Waals surface area contributed by atoms with Gasteiger partial charge < -0.3 is 0 Å². The summed E-state index contributed by atoms with van der Waals surface area (Å²) in [7, 11) is 0. The Morgan fingerprint density at radius 2 is 1.14 bits per heavy atom. The van der Waals surface area contributed by atoms with Crippen LogP contribution in [0.15, 0.2) is 60.7 Å². The molecule has 0 saturated heterocycles. The van der Waals surface area contributed by atoms with Gasteiger partial charge in [-0.25, -0.2) is 0 Å². The van der Waals surface area contributed by atoms with E-state index in [1.54, 1.807) is 0 Å². The molecule has 0 spiro atoms. The topological polar surface area (TPSA) is 17.1 Å². The second-order valence-corrected chi connectivity index (χ2v) is 7.30. The fourth-order valence-corrected chi connectivity index (χ4v) is 5.80. The van der Waals surface area contributed by atoms with Crippen molar-refractivity contribution in [2.45, 2.75) is 24.7 Å². The minimum atomic E-state index is 0.274. The lowest BCUT2D eigenvalue weighted by atomic mass is 9.78. The molecular formula is C21H20O. The molecule has 3 aliphatic rings. The van der Waals surface area contributed by atoms with Crippen molar-refractivity contribution in [3.8, 4) is 0 Å². The highest BCUT2D eigenvalue weighted by Gasteiger charge is 2.63. The zero-order chi connectivity index (χ0) is 14.7. The van der Waals surface area contributed by atoms with Crippen molar-refractivity contribution < 1.29 is 4.79 Å². The van der Waals surface area contributed by atoms with E-state index in [0.717, 1.165) is 12.8 Å². The fraction of sp³-hybridized carbons (Fsp3) is 0.381. The first kappa shape index (κ1) is 12.6. The van der Waals surface area contributed by atoms with Crippen molar-refractivity contribution in [1.82, 2.24) is 0 Å². The van der Waals surface area contributed by atoms with Crippen molar-refractivity contribution in [2.24, 2.45) is 23.7 Å². The quantitative estimate of drug-likeness (QED) is 0.800. The average Bonchev–Trinajstić information content (AvgIpc) is 3.18. The maximum absolute atomic E-state index is 12.8. The van der Waals surface area contributed by atoms with E-state index in [0.29, 0.717) is 35.4 Å². The minimum absolute atomic E-state index is 0.274. The van der Waals surface area contributed by atoms with Crippen LogP contribution in [0, 0.1) is 23.7 Å². The van der Waals surface area contributed by atoms with Gasteiger partial charge in [0.15, 0.2) is 0 Å². The second kappa shape index (κ2) is 4.55. The summed E-state index contributed by atoms with van der Waals surface area (Å²) in [6.07, 6.45) is 2.28. The van der Waals surface area contributed by atoms with E-state index in [1.165, 1.54) is 11.1 Å². The first-order valence-electron chi connectivity index (χ1n) is 8.48. The number of benzene rings is 2. The van der Waals surface area contributed by atoms with Gasteiger partial charge >= 0.3 is 0 Å². The van der Waals surface area contributed by atoms with Crippen molar-refractivity contribution in [2.75, 3.05) is 0 Å². The van der Waals surface area contributed by atoms with Crippen molar-refractivity contribution in [1.29, 1.82) is 0 Å². The standard InChI is InChI=1S/C21H20O/c22-21-15-11-16-17(12-15)20(21)19(14-9-5-2-6-10-14)18(16)13-7-3-1-4-8-13/h1-10,15-20H,11-12H2/t15-,16+,17+,18+,19+,20-/m0/s1. The maximum atomic E-state index is 12.8. The van der Waals surface area contributed by atoms with Gasteiger partial charge in [-0.1, -0.05) is 60.7 Å². The minimum Gasteiger partial charge on any atom is -0.299 e. The van der Waals surface area contributed by atoms with Gasteiger partial charge in [0, 0.05) is 17.8 Å². The summed E-state index contributed by atoms with van der Waals surface area (Å²) in [4.78, 5) is 12.8. The Balaban J connectivity index is 1.67. The highest BCUT2D eigenvalue weighted by molar-refractivity contribution is 5.89. The number of carbonyl (C=O) groups is 1. The molecule has 110 valence electrons. The molecule has 1 nitrogen and oxygen atoms in total. The summed E-state index contributed by atoms with van der Waals surface area (Å²) in [6.45, 7) is 0.